The fraction of sp³-hybridized carbons (Fsp3) is 0.438. The Morgan fingerprint density at radius 2 is 1.89 bits per heavy atom. The molecule has 0 radical (unpaired) electrons. The summed E-state index contributed by atoms with van der Waals surface area (Å²) in [5, 5.41) is 7.94. The average molecular weight is 255 g/mol. The van der Waals surface area contributed by atoms with E-state index >= 15 is 0 Å². The Balaban J connectivity index is 2.05. The van der Waals surface area contributed by atoms with Crippen LogP contribution in [-0.2, 0) is 7.05 Å². The van der Waals surface area contributed by atoms with Crippen molar-refractivity contribution in [3.63, 3.8) is 0 Å². The third-order valence-corrected chi connectivity index (χ3v) is 4.15. The molecule has 1 aliphatic rings. The number of hydrogen-bond acceptors (Lipinski definition) is 2. The number of nitrogens with zero attached hydrogens (tertiary/aromatic N) is 2. The van der Waals surface area contributed by atoms with E-state index in [2.05, 4.69) is 53.3 Å². The molecule has 2 aromatic rings. The summed E-state index contributed by atoms with van der Waals surface area (Å²) in [4.78, 5) is 0. The molecule has 0 unspecified atom stereocenters. The fourth-order valence-electron chi connectivity index (χ4n) is 3.11. The van der Waals surface area contributed by atoms with Crippen molar-refractivity contribution in [3.8, 4) is 11.1 Å². The summed E-state index contributed by atoms with van der Waals surface area (Å²) >= 11 is 0. The van der Waals surface area contributed by atoms with Gasteiger partial charge in [0, 0.05) is 24.2 Å². The molecule has 1 fully saturated rings. The van der Waals surface area contributed by atoms with Crippen LogP contribution >= 0.6 is 0 Å². The Bertz CT molecular complexity index is 565. The molecule has 0 amide bonds. The molecule has 1 aromatic heterocycles. The van der Waals surface area contributed by atoms with E-state index in [-0.39, 0.29) is 0 Å². The number of aromatic nitrogens is 2. The molecule has 0 spiro atoms. The van der Waals surface area contributed by atoms with Crippen molar-refractivity contribution in [2.75, 3.05) is 13.1 Å². The van der Waals surface area contributed by atoms with Gasteiger partial charge in [-0.3, -0.25) is 4.68 Å². The maximum atomic E-state index is 4.51. The maximum absolute atomic E-state index is 4.51. The van der Waals surface area contributed by atoms with Crippen LogP contribution < -0.4 is 5.32 Å². The Morgan fingerprint density at radius 1 is 1.16 bits per heavy atom. The molecule has 1 N–H and O–H groups in total. The van der Waals surface area contributed by atoms with Crippen LogP contribution in [0.3, 0.4) is 0 Å². The van der Waals surface area contributed by atoms with E-state index in [0.717, 1.165) is 13.1 Å². The third-order valence-electron chi connectivity index (χ3n) is 4.15. The average Bonchev–Trinajstić information content (AvgIpc) is 2.82. The second-order valence-electron chi connectivity index (χ2n) is 5.41. The maximum Gasteiger partial charge on any atom is 0.0571 e. The van der Waals surface area contributed by atoms with Gasteiger partial charge in [0.15, 0.2) is 0 Å². The van der Waals surface area contributed by atoms with Gasteiger partial charge in [0.2, 0.25) is 0 Å². The summed E-state index contributed by atoms with van der Waals surface area (Å²) in [5.41, 5.74) is 5.36. The van der Waals surface area contributed by atoms with E-state index in [1.807, 2.05) is 6.20 Å². The molecule has 1 aliphatic heterocycles. The first-order valence-electron chi connectivity index (χ1n) is 7.06. The lowest BCUT2D eigenvalue weighted by atomic mass is 9.89. The topological polar surface area (TPSA) is 29.9 Å². The molecule has 0 aliphatic carbocycles. The third kappa shape index (κ3) is 2.30. The summed E-state index contributed by atoms with van der Waals surface area (Å²) < 4.78 is 2.07. The second-order valence-corrected chi connectivity index (χ2v) is 5.41. The van der Waals surface area contributed by atoms with Crippen LogP contribution in [0.25, 0.3) is 11.1 Å². The minimum atomic E-state index is 0.628. The molecule has 1 saturated heterocycles. The predicted molar refractivity (Wildman–Crippen MR) is 78.2 cm³/mol. The molecule has 0 bridgehead atoms. The van der Waals surface area contributed by atoms with Gasteiger partial charge in [0.1, 0.15) is 0 Å². The van der Waals surface area contributed by atoms with Gasteiger partial charge < -0.3 is 5.32 Å². The van der Waals surface area contributed by atoms with Crippen molar-refractivity contribution < 1.29 is 0 Å². The molecule has 3 nitrogen and oxygen atoms in total. The summed E-state index contributed by atoms with van der Waals surface area (Å²) in [6, 6.07) is 8.59. The SMILES string of the molecule is Cc1ccccc1-c1cnn(C)c1C1CCNCC1. The second kappa shape index (κ2) is 5.17. The first-order valence-corrected chi connectivity index (χ1v) is 7.06. The molecule has 0 saturated carbocycles. The number of benzene rings is 1. The summed E-state index contributed by atoms with van der Waals surface area (Å²) in [6.45, 7) is 4.40. The van der Waals surface area contributed by atoms with Crippen molar-refractivity contribution in [2.24, 2.45) is 7.05 Å². The van der Waals surface area contributed by atoms with E-state index in [4.69, 9.17) is 0 Å². The van der Waals surface area contributed by atoms with Crippen molar-refractivity contribution >= 4 is 0 Å². The van der Waals surface area contributed by atoms with Crippen LogP contribution in [-0.4, -0.2) is 22.9 Å². The van der Waals surface area contributed by atoms with E-state index in [1.165, 1.54) is 35.2 Å². The Hall–Kier alpha value is -1.61. The zero-order chi connectivity index (χ0) is 13.2. The number of piperidine rings is 1. The van der Waals surface area contributed by atoms with Gasteiger partial charge in [0.25, 0.3) is 0 Å². The van der Waals surface area contributed by atoms with Crippen molar-refractivity contribution in [3.05, 3.63) is 41.7 Å². The molecule has 100 valence electrons. The Kier molecular flexibility index (Phi) is 3.38. The van der Waals surface area contributed by atoms with Crippen LogP contribution in [0.4, 0.5) is 0 Å². The van der Waals surface area contributed by atoms with Crippen LogP contribution in [0.15, 0.2) is 30.5 Å². The minimum Gasteiger partial charge on any atom is -0.317 e. The number of nitrogens with one attached hydrogen (secondary N) is 1. The van der Waals surface area contributed by atoms with Crippen LogP contribution in [0.5, 0.6) is 0 Å². The number of aryl methyl sites for hydroxylation is 2. The fourth-order valence-corrected chi connectivity index (χ4v) is 3.11. The van der Waals surface area contributed by atoms with E-state index in [0.29, 0.717) is 5.92 Å². The molecule has 2 heterocycles. The molecular weight excluding hydrogens is 234 g/mol. The number of rotatable bonds is 2. The zero-order valence-electron chi connectivity index (χ0n) is 11.7. The van der Waals surface area contributed by atoms with Crippen molar-refractivity contribution in [2.45, 2.75) is 25.7 Å². The molecule has 3 rings (SSSR count). The predicted octanol–water partition coefficient (Wildman–Crippen LogP) is 2.86. The standard InChI is InChI=1S/C16H21N3/c1-12-5-3-4-6-14(12)15-11-18-19(2)16(15)13-7-9-17-10-8-13/h3-6,11,13,17H,7-10H2,1-2H3. The van der Waals surface area contributed by atoms with E-state index in [1.54, 1.807) is 0 Å². The number of hydrogen-bond donors (Lipinski definition) is 1. The molecule has 0 atom stereocenters. The quantitative estimate of drug-likeness (QED) is 0.894. The lowest BCUT2D eigenvalue weighted by molar-refractivity contribution is 0.440. The van der Waals surface area contributed by atoms with Crippen molar-refractivity contribution in [1.82, 2.24) is 15.1 Å². The van der Waals surface area contributed by atoms with Gasteiger partial charge >= 0.3 is 0 Å². The van der Waals surface area contributed by atoms with Crippen molar-refractivity contribution in [1.29, 1.82) is 0 Å². The van der Waals surface area contributed by atoms with Gasteiger partial charge in [-0.25, -0.2) is 0 Å². The Labute approximate surface area is 114 Å². The smallest absolute Gasteiger partial charge is 0.0571 e. The Morgan fingerprint density at radius 3 is 2.63 bits per heavy atom. The molecule has 1 aromatic carbocycles. The minimum absolute atomic E-state index is 0.628. The van der Waals surface area contributed by atoms with Crippen LogP contribution in [0.1, 0.15) is 30.0 Å². The highest BCUT2D eigenvalue weighted by atomic mass is 15.3. The highest BCUT2D eigenvalue weighted by molar-refractivity contribution is 5.69. The van der Waals surface area contributed by atoms with E-state index < -0.39 is 0 Å². The van der Waals surface area contributed by atoms with Gasteiger partial charge in [-0.2, -0.15) is 5.10 Å². The first-order chi connectivity index (χ1) is 9.27. The molecular formula is C16H21N3. The van der Waals surface area contributed by atoms with Gasteiger partial charge in [-0.15, -0.1) is 0 Å². The zero-order valence-corrected chi connectivity index (χ0v) is 11.7. The van der Waals surface area contributed by atoms with Crippen LogP contribution in [0, 0.1) is 6.92 Å². The monoisotopic (exact) mass is 255 g/mol. The summed E-state index contributed by atoms with van der Waals surface area (Å²) in [7, 11) is 2.07. The van der Waals surface area contributed by atoms with Crippen LogP contribution in [0.2, 0.25) is 0 Å². The highest BCUT2D eigenvalue weighted by Gasteiger charge is 2.23. The normalized spacial score (nSPS) is 16.7. The highest BCUT2D eigenvalue weighted by Crippen LogP contribution is 2.34. The van der Waals surface area contributed by atoms with Gasteiger partial charge in [-0.05, 0) is 44.0 Å². The molecule has 19 heavy (non-hydrogen) atoms. The summed E-state index contributed by atoms with van der Waals surface area (Å²) in [6.07, 6.45) is 4.44. The first kappa shape index (κ1) is 12.4. The van der Waals surface area contributed by atoms with Gasteiger partial charge in [-0.1, -0.05) is 24.3 Å². The molecule has 3 heteroatoms. The summed E-state index contributed by atoms with van der Waals surface area (Å²) in [5.74, 6) is 0.628. The lowest BCUT2D eigenvalue weighted by Crippen LogP contribution is -2.27. The lowest BCUT2D eigenvalue weighted by Gasteiger charge is -2.24. The largest absolute Gasteiger partial charge is 0.317 e. The van der Waals surface area contributed by atoms with Gasteiger partial charge in [0.05, 0.1) is 6.20 Å². The van der Waals surface area contributed by atoms with E-state index in [9.17, 15) is 0 Å².